The molecule has 0 radical (unpaired) electrons. The van der Waals surface area contributed by atoms with E-state index >= 15 is 0 Å². The number of hydrogen-bond donors (Lipinski definition) is 1. The molecule has 4 heteroatoms. The molecular weight excluding hydrogens is 362 g/mol. The predicted molar refractivity (Wildman–Crippen MR) is 116 cm³/mol. The maximum atomic E-state index is 12.5. The number of carbonyl (C=O) groups excluding carboxylic acids is 2. The fraction of sp³-hybridized carbons (Fsp3) is 0.120. The average Bonchev–Trinajstić information content (AvgIpc) is 2.71. The summed E-state index contributed by atoms with van der Waals surface area (Å²) in [6, 6.07) is 20.2. The van der Waals surface area contributed by atoms with Gasteiger partial charge in [-0.2, -0.15) is 0 Å². The van der Waals surface area contributed by atoms with Gasteiger partial charge in [-0.15, -0.1) is 0 Å². The molecule has 0 saturated heterocycles. The molecule has 1 amide bonds. The van der Waals surface area contributed by atoms with E-state index in [9.17, 15) is 9.59 Å². The summed E-state index contributed by atoms with van der Waals surface area (Å²) in [5.41, 5.74) is 5.42. The highest BCUT2D eigenvalue weighted by molar-refractivity contribution is 6.04. The third-order valence-corrected chi connectivity index (χ3v) is 4.47. The lowest BCUT2D eigenvalue weighted by Crippen LogP contribution is -2.13. The zero-order valence-corrected chi connectivity index (χ0v) is 16.7. The minimum Gasteiger partial charge on any atom is -0.423 e. The SMILES string of the molecule is Cc1ccc(/C=C/C(=O)Oc2ccc(C(=O)Nc3cc(C)ccc3C)cc2)cc1. The van der Waals surface area contributed by atoms with Gasteiger partial charge in [0.1, 0.15) is 5.75 Å². The molecule has 3 aromatic carbocycles. The highest BCUT2D eigenvalue weighted by atomic mass is 16.5. The van der Waals surface area contributed by atoms with E-state index in [2.05, 4.69) is 5.32 Å². The lowest BCUT2D eigenvalue weighted by atomic mass is 10.1. The van der Waals surface area contributed by atoms with Crippen molar-refractivity contribution < 1.29 is 14.3 Å². The zero-order valence-electron chi connectivity index (χ0n) is 16.7. The van der Waals surface area contributed by atoms with Crippen LogP contribution in [0, 0.1) is 20.8 Å². The first-order valence-corrected chi connectivity index (χ1v) is 9.36. The van der Waals surface area contributed by atoms with E-state index in [4.69, 9.17) is 4.74 Å². The van der Waals surface area contributed by atoms with Gasteiger partial charge in [-0.1, -0.05) is 42.0 Å². The van der Waals surface area contributed by atoms with E-state index in [1.165, 1.54) is 6.08 Å². The molecule has 0 heterocycles. The van der Waals surface area contributed by atoms with Gasteiger partial charge in [0.15, 0.2) is 0 Å². The second kappa shape index (κ2) is 9.02. The normalized spacial score (nSPS) is 10.7. The molecule has 3 rings (SSSR count). The molecule has 4 nitrogen and oxygen atoms in total. The summed E-state index contributed by atoms with van der Waals surface area (Å²) in [6.07, 6.45) is 3.08. The van der Waals surface area contributed by atoms with Crippen molar-refractivity contribution in [3.05, 3.63) is 101 Å². The van der Waals surface area contributed by atoms with Crippen LogP contribution in [0.25, 0.3) is 6.08 Å². The third-order valence-electron chi connectivity index (χ3n) is 4.47. The van der Waals surface area contributed by atoms with Crippen molar-refractivity contribution >= 4 is 23.6 Å². The zero-order chi connectivity index (χ0) is 20.8. The number of esters is 1. The summed E-state index contributed by atoms with van der Waals surface area (Å²) in [5.74, 6) is -0.305. The van der Waals surface area contributed by atoms with Crippen molar-refractivity contribution in [3.8, 4) is 5.75 Å². The average molecular weight is 385 g/mol. The lowest BCUT2D eigenvalue weighted by Gasteiger charge is -2.10. The summed E-state index contributed by atoms with van der Waals surface area (Å²) >= 11 is 0. The van der Waals surface area contributed by atoms with Crippen LogP contribution < -0.4 is 10.1 Å². The number of amides is 1. The topological polar surface area (TPSA) is 55.4 Å². The molecule has 0 spiro atoms. The number of aryl methyl sites for hydroxylation is 3. The minimum absolute atomic E-state index is 0.212. The van der Waals surface area contributed by atoms with Gasteiger partial charge in [-0.3, -0.25) is 4.79 Å². The van der Waals surface area contributed by atoms with Crippen molar-refractivity contribution in [2.75, 3.05) is 5.32 Å². The molecule has 0 aromatic heterocycles. The highest BCUT2D eigenvalue weighted by Crippen LogP contribution is 2.19. The Morgan fingerprint density at radius 1 is 0.828 bits per heavy atom. The van der Waals surface area contributed by atoms with E-state index in [1.807, 2.05) is 63.2 Å². The molecular formula is C25H23NO3. The Balaban J connectivity index is 1.60. The van der Waals surface area contributed by atoms with Crippen LogP contribution in [0.1, 0.15) is 32.6 Å². The van der Waals surface area contributed by atoms with Gasteiger partial charge < -0.3 is 10.1 Å². The van der Waals surface area contributed by atoms with Crippen LogP contribution in [-0.2, 0) is 4.79 Å². The number of ether oxygens (including phenoxy) is 1. The van der Waals surface area contributed by atoms with E-state index in [0.717, 1.165) is 27.9 Å². The summed E-state index contributed by atoms with van der Waals surface area (Å²) < 4.78 is 5.29. The van der Waals surface area contributed by atoms with Crippen molar-refractivity contribution in [2.24, 2.45) is 0 Å². The van der Waals surface area contributed by atoms with Gasteiger partial charge >= 0.3 is 5.97 Å². The van der Waals surface area contributed by atoms with Crippen LogP contribution in [0.5, 0.6) is 5.75 Å². The van der Waals surface area contributed by atoms with E-state index in [1.54, 1.807) is 30.3 Å². The summed E-state index contributed by atoms with van der Waals surface area (Å²) in [4.78, 5) is 24.5. The maximum Gasteiger partial charge on any atom is 0.336 e. The van der Waals surface area contributed by atoms with Gasteiger partial charge in [0.25, 0.3) is 5.91 Å². The van der Waals surface area contributed by atoms with Crippen LogP contribution in [0.15, 0.2) is 72.8 Å². The van der Waals surface area contributed by atoms with Gasteiger partial charge in [0.2, 0.25) is 0 Å². The molecule has 0 aliphatic rings. The lowest BCUT2D eigenvalue weighted by molar-refractivity contribution is -0.128. The molecule has 146 valence electrons. The highest BCUT2D eigenvalue weighted by Gasteiger charge is 2.09. The predicted octanol–water partition coefficient (Wildman–Crippen LogP) is 5.48. The smallest absolute Gasteiger partial charge is 0.336 e. The van der Waals surface area contributed by atoms with Crippen molar-refractivity contribution in [2.45, 2.75) is 20.8 Å². The fourth-order valence-electron chi connectivity index (χ4n) is 2.73. The Bertz CT molecular complexity index is 1050. The van der Waals surface area contributed by atoms with Gasteiger partial charge in [0, 0.05) is 17.3 Å². The first kappa shape index (κ1) is 20.1. The molecule has 0 unspecified atom stereocenters. The van der Waals surface area contributed by atoms with Crippen LogP contribution >= 0.6 is 0 Å². The first-order chi connectivity index (χ1) is 13.9. The maximum absolute atomic E-state index is 12.5. The van der Waals surface area contributed by atoms with Gasteiger partial charge in [0.05, 0.1) is 0 Å². The Morgan fingerprint density at radius 3 is 2.17 bits per heavy atom. The molecule has 0 aliphatic heterocycles. The molecule has 29 heavy (non-hydrogen) atoms. The van der Waals surface area contributed by atoms with Crippen LogP contribution in [0.2, 0.25) is 0 Å². The van der Waals surface area contributed by atoms with E-state index in [-0.39, 0.29) is 5.91 Å². The van der Waals surface area contributed by atoms with Crippen LogP contribution in [-0.4, -0.2) is 11.9 Å². The molecule has 1 N–H and O–H groups in total. The van der Waals surface area contributed by atoms with Crippen molar-refractivity contribution in [3.63, 3.8) is 0 Å². The molecule has 0 aliphatic carbocycles. The standard InChI is InChI=1S/C25H23NO3/c1-17-5-8-20(9-6-17)10-15-24(27)29-22-13-11-21(12-14-22)25(28)26-23-16-18(2)4-7-19(23)3/h4-16H,1-3H3,(H,26,28)/b15-10+. The quantitative estimate of drug-likeness (QED) is 0.359. The number of hydrogen-bond acceptors (Lipinski definition) is 3. The van der Waals surface area contributed by atoms with Gasteiger partial charge in [-0.05, 0) is 73.9 Å². The fourth-order valence-corrected chi connectivity index (χ4v) is 2.73. The van der Waals surface area contributed by atoms with Crippen molar-refractivity contribution in [1.82, 2.24) is 0 Å². The monoisotopic (exact) mass is 385 g/mol. The molecule has 3 aromatic rings. The van der Waals surface area contributed by atoms with Gasteiger partial charge in [-0.25, -0.2) is 4.79 Å². The molecule has 0 atom stereocenters. The molecule has 0 fully saturated rings. The second-order valence-electron chi connectivity index (χ2n) is 6.96. The molecule has 0 bridgehead atoms. The Labute approximate surface area is 170 Å². The molecule has 0 saturated carbocycles. The summed E-state index contributed by atoms with van der Waals surface area (Å²) in [6.45, 7) is 5.93. The van der Waals surface area contributed by atoms with E-state index in [0.29, 0.717) is 11.3 Å². The second-order valence-corrected chi connectivity index (χ2v) is 6.96. The Morgan fingerprint density at radius 2 is 1.48 bits per heavy atom. The van der Waals surface area contributed by atoms with Crippen LogP contribution in [0.3, 0.4) is 0 Å². The number of anilines is 1. The Kier molecular flexibility index (Phi) is 6.25. The number of carbonyl (C=O) groups is 2. The van der Waals surface area contributed by atoms with Crippen molar-refractivity contribution in [1.29, 1.82) is 0 Å². The summed E-state index contributed by atoms with van der Waals surface area (Å²) in [7, 11) is 0. The first-order valence-electron chi connectivity index (χ1n) is 9.36. The number of rotatable bonds is 5. The largest absolute Gasteiger partial charge is 0.423 e. The van der Waals surface area contributed by atoms with E-state index < -0.39 is 5.97 Å². The number of nitrogens with one attached hydrogen (secondary N) is 1. The third kappa shape index (κ3) is 5.66. The van der Waals surface area contributed by atoms with Crippen LogP contribution in [0.4, 0.5) is 5.69 Å². The Hall–Kier alpha value is -3.66. The minimum atomic E-state index is -0.474. The summed E-state index contributed by atoms with van der Waals surface area (Å²) in [5, 5.41) is 2.91. The number of benzene rings is 3.